The highest BCUT2D eigenvalue weighted by Gasteiger charge is 2.15. The highest BCUT2D eigenvalue weighted by atomic mass is 16.5. The summed E-state index contributed by atoms with van der Waals surface area (Å²) in [6.07, 6.45) is 8.15. The van der Waals surface area contributed by atoms with E-state index in [9.17, 15) is 4.79 Å². The van der Waals surface area contributed by atoms with Gasteiger partial charge in [-0.15, -0.1) is 0 Å². The third-order valence-corrected chi connectivity index (χ3v) is 5.55. The van der Waals surface area contributed by atoms with E-state index in [0.717, 1.165) is 35.6 Å². The molecule has 1 N–H and O–H groups in total. The predicted octanol–water partition coefficient (Wildman–Crippen LogP) is 4.23. The van der Waals surface area contributed by atoms with E-state index in [0.29, 0.717) is 30.7 Å². The molecule has 0 aromatic heterocycles. The molecule has 0 aliphatic rings. The highest BCUT2D eigenvalue weighted by molar-refractivity contribution is 5.95. The molecule has 170 valence electrons. The fourth-order valence-corrected chi connectivity index (χ4v) is 3.81. The van der Waals surface area contributed by atoms with Crippen LogP contribution in [-0.2, 0) is 4.74 Å². The van der Waals surface area contributed by atoms with Gasteiger partial charge in [0.2, 0.25) is 0 Å². The number of hydrogen-bond donors (Lipinski definition) is 1. The SMILES string of the molecule is C=c1ccc(C(=O)NCCOCCC)c(C)/c1=C/N(CC(CCC)CCC)C(C)C. The molecule has 0 aliphatic carbocycles. The monoisotopic (exact) mass is 416 g/mol. The number of rotatable bonds is 14. The fourth-order valence-electron chi connectivity index (χ4n) is 3.81. The number of carbonyl (C=O) groups is 1. The average molecular weight is 417 g/mol. The second kappa shape index (κ2) is 14.2. The van der Waals surface area contributed by atoms with E-state index in [-0.39, 0.29) is 5.91 Å². The molecule has 1 rings (SSSR count). The molecule has 1 aromatic carbocycles. The zero-order chi connectivity index (χ0) is 22.5. The van der Waals surface area contributed by atoms with Crippen molar-refractivity contribution < 1.29 is 9.53 Å². The summed E-state index contributed by atoms with van der Waals surface area (Å²) in [5.74, 6) is 0.648. The number of nitrogens with zero attached hydrogens (tertiary/aromatic N) is 1. The Morgan fingerprint density at radius 2 is 1.80 bits per heavy atom. The summed E-state index contributed by atoms with van der Waals surface area (Å²) in [5, 5.41) is 5.00. The fraction of sp³-hybridized carbons (Fsp3) is 0.654. The van der Waals surface area contributed by atoms with Gasteiger partial charge in [0.1, 0.15) is 0 Å². The molecule has 0 spiro atoms. The zero-order valence-electron chi connectivity index (χ0n) is 20.2. The third kappa shape index (κ3) is 8.51. The van der Waals surface area contributed by atoms with Crippen LogP contribution in [0, 0.1) is 12.8 Å². The van der Waals surface area contributed by atoms with E-state index in [1.807, 2.05) is 19.1 Å². The lowest BCUT2D eigenvalue weighted by atomic mass is 9.97. The normalized spacial score (nSPS) is 12.1. The Morgan fingerprint density at radius 3 is 2.37 bits per heavy atom. The van der Waals surface area contributed by atoms with E-state index >= 15 is 0 Å². The Kier molecular flexibility index (Phi) is 12.4. The van der Waals surface area contributed by atoms with Crippen molar-refractivity contribution in [3.8, 4) is 0 Å². The van der Waals surface area contributed by atoms with Crippen LogP contribution in [0.25, 0.3) is 12.8 Å². The summed E-state index contributed by atoms with van der Waals surface area (Å²) < 4.78 is 5.46. The van der Waals surface area contributed by atoms with Crippen molar-refractivity contribution in [2.24, 2.45) is 5.92 Å². The minimum atomic E-state index is -0.0480. The van der Waals surface area contributed by atoms with Gasteiger partial charge < -0.3 is 15.0 Å². The maximum absolute atomic E-state index is 12.7. The molecular formula is C26H44N2O2. The standard InChI is InChI=1S/C26H44N2O2/c1-8-11-23(12-9-2)18-28(20(4)5)19-25-21(6)13-14-24(22(25)7)26(29)27-15-17-30-16-10-3/h13-14,19-20,23H,6,8-12,15-18H2,1-5,7H3,(H,27,29)/b25-19+. The molecule has 4 nitrogen and oxygen atoms in total. The van der Waals surface area contributed by atoms with Gasteiger partial charge in [0.15, 0.2) is 0 Å². The minimum absolute atomic E-state index is 0.0480. The summed E-state index contributed by atoms with van der Waals surface area (Å²) in [5.41, 5.74) is 1.70. The second-order valence-electron chi connectivity index (χ2n) is 8.54. The number of carbonyl (C=O) groups excluding carboxylic acids is 1. The van der Waals surface area contributed by atoms with E-state index in [4.69, 9.17) is 4.74 Å². The van der Waals surface area contributed by atoms with Crippen LogP contribution in [0.3, 0.4) is 0 Å². The zero-order valence-corrected chi connectivity index (χ0v) is 20.2. The van der Waals surface area contributed by atoms with Gasteiger partial charge in [-0.2, -0.15) is 0 Å². The van der Waals surface area contributed by atoms with Gasteiger partial charge in [-0.3, -0.25) is 4.79 Å². The first-order valence-corrected chi connectivity index (χ1v) is 11.8. The Labute approximate surface area is 184 Å². The van der Waals surface area contributed by atoms with Gasteiger partial charge in [0.25, 0.3) is 5.91 Å². The van der Waals surface area contributed by atoms with Gasteiger partial charge in [0.05, 0.1) is 6.61 Å². The van der Waals surface area contributed by atoms with E-state index < -0.39 is 0 Å². The Hall–Kier alpha value is -1.81. The first kappa shape index (κ1) is 26.2. The van der Waals surface area contributed by atoms with Crippen molar-refractivity contribution in [2.45, 2.75) is 79.7 Å². The van der Waals surface area contributed by atoms with Crippen molar-refractivity contribution >= 4 is 18.7 Å². The van der Waals surface area contributed by atoms with Crippen molar-refractivity contribution in [3.63, 3.8) is 0 Å². The first-order chi connectivity index (χ1) is 14.3. The topological polar surface area (TPSA) is 41.6 Å². The van der Waals surface area contributed by atoms with Crippen molar-refractivity contribution in [1.82, 2.24) is 10.2 Å². The van der Waals surface area contributed by atoms with Gasteiger partial charge >= 0.3 is 0 Å². The number of ether oxygens (including phenoxy) is 1. The summed E-state index contributed by atoms with van der Waals surface area (Å²) >= 11 is 0. The molecule has 1 amide bonds. The number of benzene rings is 1. The molecule has 4 heteroatoms. The van der Waals surface area contributed by atoms with Gasteiger partial charge in [-0.25, -0.2) is 0 Å². The molecule has 30 heavy (non-hydrogen) atoms. The lowest BCUT2D eigenvalue weighted by Gasteiger charge is -2.30. The molecule has 0 radical (unpaired) electrons. The van der Waals surface area contributed by atoms with Crippen LogP contribution in [0.15, 0.2) is 12.1 Å². The largest absolute Gasteiger partial charge is 0.380 e. The number of hydrogen-bond acceptors (Lipinski definition) is 3. The highest BCUT2D eigenvalue weighted by Crippen LogP contribution is 2.17. The molecule has 1 aromatic rings. The Morgan fingerprint density at radius 1 is 1.13 bits per heavy atom. The van der Waals surface area contributed by atoms with Gasteiger partial charge in [-0.1, -0.05) is 46.3 Å². The quantitative estimate of drug-likeness (QED) is 0.462. The summed E-state index contributed by atoms with van der Waals surface area (Å²) in [6.45, 7) is 20.2. The van der Waals surface area contributed by atoms with Crippen LogP contribution in [-0.4, -0.2) is 43.2 Å². The lowest BCUT2D eigenvalue weighted by Crippen LogP contribution is -2.38. The molecule has 0 saturated heterocycles. The van der Waals surface area contributed by atoms with Crippen molar-refractivity contribution in [2.75, 3.05) is 26.3 Å². The van der Waals surface area contributed by atoms with Crippen LogP contribution < -0.4 is 15.8 Å². The Bertz CT molecular complexity index is 736. The van der Waals surface area contributed by atoms with Crippen LogP contribution in [0.1, 0.15) is 82.6 Å². The van der Waals surface area contributed by atoms with Crippen molar-refractivity contribution in [1.29, 1.82) is 0 Å². The molecule has 0 saturated carbocycles. The molecule has 0 aliphatic heterocycles. The molecule has 0 fully saturated rings. The molecule has 0 heterocycles. The van der Waals surface area contributed by atoms with Gasteiger partial charge in [0, 0.05) is 42.7 Å². The van der Waals surface area contributed by atoms with Crippen LogP contribution >= 0.6 is 0 Å². The van der Waals surface area contributed by atoms with E-state index in [1.54, 1.807) is 0 Å². The maximum atomic E-state index is 12.7. The van der Waals surface area contributed by atoms with E-state index in [2.05, 4.69) is 57.6 Å². The van der Waals surface area contributed by atoms with Crippen LogP contribution in [0.4, 0.5) is 0 Å². The minimum Gasteiger partial charge on any atom is -0.380 e. The Balaban J connectivity index is 3.10. The maximum Gasteiger partial charge on any atom is 0.251 e. The molecular weight excluding hydrogens is 372 g/mol. The summed E-state index contributed by atoms with van der Waals surface area (Å²) in [6, 6.07) is 4.23. The third-order valence-electron chi connectivity index (χ3n) is 5.55. The lowest BCUT2D eigenvalue weighted by molar-refractivity contribution is 0.0914. The van der Waals surface area contributed by atoms with Crippen LogP contribution in [0.5, 0.6) is 0 Å². The van der Waals surface area contributed by atoms with Crippen LogP contribution in [0.2, 0.25) is 0 Å². The smallest absolute Gasteiger partial charge is 0.251 e. The molecule has 0 bridgehead atoms. The van der Waals surface area contributed by atoms with Gasteiger partial charge in [-0.05, 0) is 62.8 Å². The summed E-state index contributed by atoms with van der Waals surface area (Å²) in [7, 11) is 0. The molecule has 0 atom stereocenters. The number of nitrogens with one attached hydrogen (secondary N) is 1. The molecule has 0 unspecified atom stereocenters. The first-order valence-electron chi connectivity index (χ1n) is 11.8. The average Bonchev–Trinajstić information content (AvgIpc) is 2.70. The van der Waals surface area contributed by atoms with E-state index in [1.165, 1.54) is 25.7 Å². The number of amides is 1. The predicted molar refractivity (Wildman–Crippen MR) is 129 cm³/mol. The summed E-state index contributed by atoms with van der Waals surface area (Å²) in [4.78, 5) is 15.1. The van der Waals surface area contributed by atoms with Crippen molar-refractivity contribution in [3.05, 3.63) is 33.7 Å². The second-order valence-corrected chi connectivity index (χ2v) is 8.54.